The first kappa shape index (κ1) is 10.2. The van der Waals surface area contributed by atoms with Gasteiger partial charge in [0.25, 0.3) is 0 Å². The maximum absolute atomic E-state index is 11.1. The normalized spacial score (nSPS) is 21.0. The van der Waals surface area contributed by atoms with Gasteiger partial charge in [0.2, 0.25) is 9.84 Å². The highest BCUT2D eigenvalue weighted by Gasteiger charge is 2.26. The van der Waals surface area contributed by atoms with Crippen molar-refractivity contribution in [2.24, 2.45) is 10.7 Å². The van der Waals surface area contributed by atoms with Crippen molar-refractivity contribution in [2.45, 2.75) is 0 Å². The van der Waals surface area contributed by atoms with Crippen LogP contribution in [0.4, 0.5) is 0 Å². The zero-order valence-corrected chi connectivity index (χ0v) is 8.39. The molecule has 0 aromatic rings. The second-order valence-corrected chi connectivity index (χ2v) is 6.60. The fourth-order valence-corrected chi connectivity index (χ4v) is 3.35. The van der Waals surface area contributed by atoms with Crippen molar-refractivity contribution < 1.29 is 16.8 Å². The number of nitrogens with zero attached hydrogens (tertiary/aromatic N) is 1. The van der Waals surface area contributed by atoms with Crippen LogP contribution in [0.5, 0.6) is 0 Å². The predicted molar refractivity (Wildman–Crippen MR) is 48.3 cm³/mol. The molecule has 0 saturated heterocycles. The molecule has 1 aliphatic heterocycles. The third-order valence-corrected chi connectivity index (χ3v) is 3.67. The Morgan fingerprint density at radius 2 is 2.08 bits per heavy atom. The van der Waals surface area contributed by atoms with Crippen molar-refractivity contribution in [3.8, 4) is 0 Å². The molecule has 0 bridgehead atoms. The van der Waals surface area contributed by atoms with Gasteiger partial charge in [0.15, 0.2) is 14.9 Å². The Kier molecular flexibility index (Phi) is 2.20. The molecular formula is C5H8N2O4S2. The van der Waals surface area contributed by atoms with E-state index >= 15 is 0 Å². The van der Waals surface area contributed by atoms with Gasteiger partial charge in [-0.05, 0) is 0 Å². The molecule has 0 saturated carbocycles. The SMILES string of the molecule is CS(=O)(=O)CC1=NC(N)=CS1(=O)=O. The molecule has 74 valence electrons. The fraction of sp³-hybridized carbons (Fsp3) is 0.400. The van der Waals surface area contributed by atoms with E-state index in [9.17, 15) is 16.8 Å². The van der Waals surface area contributed by atoms with Gasteiger partial charge in [-0.3, -0.25) is 0 Å². The number of aliphatic imine (C=N–C) groups is 1. The number of rotatable bonds is 2. The first-order valence-corrected chi connectivity index (χ1v) is 6.79. The van der Waals surface area contributed by atoms with Gasteiger partial charge in [-0.1, -0.05) is 0 Å². The molecule has 0 aromatic heterocycles. The summed E-state index contributed by atoms with van der Waals surface area (Å²) in [5.74, 6) is -0.786. The van der Waals surface area contributed by atoms with Crippen LogP contribution < -0.4 is 5.73 Å². The van der Waals surface area contributed by atoms with Crippen LogP contribution in [-0.2, 0) is 19.7 Å². The van der Waals surface area contributed by atoms with Crippen LogP contribution in [0.15, 0.2) is 16.2 Å². The summed E-state index contributed by atoms with van der Waals surface area (Å²) in [7, 11) is -7.09. The van der Waals surface area contributed by atoms with Crippen LogP contribution in [0.1, 0.15) is 0 Å². The summed E-state index contributed by atoms with van der Waals surface area (Å²) in [6.45, 7) is 0. The molecule has 0 aliphatic carbocycles. The van der Waals surface area contributed by atoms with E-state index in [0.29, 0.717) is 0 Å². The number of sulfone groups is 2. The zero-order chi connectivity index (χ0) is 10.3. The Bertz CT molecular complexity index is 483. The van der Waals surface area contributed by atoms with Crippen LogP contribution in [0.25, 0.3) is 0 Å². The average molecular weight is 224 g/mol. The van der Waals surface area contributed by atoms with Gasteiger partial charge in [-0.2, -0.15) is 0 Å². The number of hydrogen-bond donors (Lipinski definition) is 1. The first-order valence-electron chi connectivity index (χ1n) is 3.18. The Hall–Kier alpha value is -0.890. The molecule has 0 radical (unpaired) electrons. The quantitative estimate of drug-likeness (QED) is 0.621. The molecule has 8 heteroatoms. The average Bonchev–Trinajstić information content (AvgIpc) is 2.00. The molecule has 6 nitrogen and oxygen atoms in total. The van der Waals surface area contributed by atoms with E-state index in [0.717, 1.165) is 11.7 Å². The maximum Gasteiger partial charge on any atom is 0.217 e. The summed E-state index contributed by atoms with van der Waals surface area (Å²) in [5.41, 5.74) is 5.12. The standard InChI is InChI=1S/C5H8N2O4S2/c1-12(8,9)3-5-7-4(6)2-13(5,10)11/h2H,3,6H2,1H3. The lowest BCUT2D eigenvalue weighted by Gasteiger charge is -1.96. The van der Waals surface area contributed by atoms with E-state index in [1.165, 1.54) is 0 Å². The Morgan fingerprint density at radius 3 is 2.38 bits per heavy atom. The highest BCUT2D eigenvalue weighted by atomic mass is 32.2. The van der Waals surface area contributed by atoms with E-state index in [1.807, 2.05) is 0 Å². The van der Waals surface area contributed by atoms with E-state index in [-0.39, 0.29) is 5.82 Å². The smallest absolute Gasteiger partial charge is 0.217 e. The molecule has 0 spiro atoms. The summed E-state index contributed by atoms with van der Waals surface area (Å²) in [4.78, 5) is 3.42. The zero-order valence-electron chi connectivity index (χ0n) is 6.76. The van der Waals surface area contributed by atoms with Crippen molar-refractivity contribution >= 4 is 24.7 Å². The summed E-state index contributed by atoms with van der Waals surface area (Å²) in [6, 6.07) is 0. The summed E-state index contributed by atoms with van der Waals surface area (Å²) >= 11 is 0. The summed E-state index contributed by atoms with van der Waals surface area (Å²) in [6.07, 6.45) is 0.930. The summed E-state index contributed by atoms with van der Waals surface area (Å²) < 4.78 is 43.7. The van der Waals surface area contributed by atoms with Crippen molar-refractivity contribution in [1.29, 1.82) is 0 Å². The molecule has 1 heterocycles. The van der Waals surface area contributed by atoms with Gasteiger partial charge in [-0.25, -0.2) is 21.8 Å². The highest BCUT2D eigenvalue weighted by molar-refractivity contribution is 8.11. The molecule has 0 amide bonds. The molecule has 0 aromatic carbocycles. The van der Waals surface area contributed by atoms with Crippen LogP contribution in [0.2, 0.25) is 0 Å². The molecule has 0 fully saturated rings. The van der Waals surface area contributed by atoms with Crippen LogP contribution in [0, 0.1) is 0 Å². The minimum atomic E-state index is -3.69. The molecule has 1 aliphatic rings. The highest BCUT2D eigenvalue weighted by Crippen LogP contribution is 2.11. The Morgan fingerprint density at radius 1 is 1.54 bits per heavy atom. The van der Waals surface area contributed by atoms with Gasteiger partial charge in [-0.15, -0.1) is 0 Å². The fourth-order valence-electron chi connectivity index (χ4n) is 0.800. The Labute approximate surface area is 76.0 Å². The van der Waals surface area contributed by atoms with Crippen LogP contribution >= 0.6 is 0 Å². The monoisotopic (exact) mass is 224 g/mol. The second-order valence-electron chi connectivity index (χ2n) is 2.66. The van der Waals surface area contributed by atoms with Crippen LogP contribution in [-0.4, -0.2) is 33.9 Å². The van der Waals surface area contributed by atoms with Crippen molar-refractivity contribution in [3.05, 3.63) is 11.2 Å². The molecule has 1 rings (SSSR count). The van der Waals surface area contributed by atoms with Gasteiger partial charge < -0.3 is 5.73 Å². The van der Waals surface area contributed by atoms with Gasteiger partial charge in [0.05, 0.1) is 5.41 Å². The lowest BCUT2D eigenvalue weighted by molar-refractivity contribution is 0.603. The lowest BCUT2D eigenvalue weighted by Crippen LogP contribution is -2.19. The van der Waals surface area contributed by atoms with E-state index in [2.05, 4.69) is 4.99 Å². The molecule has 0 atom stereocenters. The predicted octanol–water partition coefficient (Wildman–Crippen LogP) is -1.38. The molecule has 13 heavy (non-hydrogen) atoms. The largest absolute Gasteiger partial charge is 0.383 e. The van der Waals surface area contributed by atoms with Gasteiger partial charge >= 0.3 is 0 Å². The van der Waals surface area contributed by atoms with E-state index < -0.39 is 30.5 Å². The van der Waals surface area contributed by atoms with Crippen molar-refractivity contribution in [1.82, 2.24) is 0 Å². The Balaban J connectivity index is 3.07. The van der Waals surface area contributed by atoms with Crippen molar-refractivity contribution in [2.75, 3.05) is 12.0 Å². The van der Waals surface area contributed by atoms with E-state index in [4.69, 9.17) is 5.73 Å². The maximum atomic E-state index is 11.1. The summed E-state index contributed by atoms with van der Waals surface area (Å²) in [5, 5.41) is 0.334. The first-order chi connectivity index (χ1) is 5.71. The topological polar surface area (TPSA) is 107 Å². The number of nitrogens with two attached hydrogens (primary N) is 1. The van der Waals surface area contributed by atoms with Gasteiger partial charge in [0, 0.05) is 6.26 Å². The third-order valence-electron chi connectivity index (χ3n) is 1.24. The molecular weight excluding hydrogens is 216 g/mol. The molecule has 2 N–H and O–H groups in total. The van der Waals surface area contributed by atoms with Crippen LogP contribution in [0.3, 0.4) is 0 Å². The molecule has 0 unspecified atom stereocenters. The third kappa shape index (κ3) is 2.52. The minimum absolute atomic E-state index is 0.182. The number of hydrogen-bond acceptors (Lipinski definition) is 6. The van der Waals surface area contributed by atoms with E-state index in [1.54, 1.807) is 0 Å². The lowest BCUT2D eigenvalue weighted by atomic mass is 10.8. The second kappa shape index (κ2) is 2.81. The van der Waals surface area contributed by atoms with Gasteiger partial charge in [0.1, 0.15) is 11.6 Å². The van der Waals surface area contributed by atoms with Crippen molar-refractivity contribution in [3.63, 3.8) is 0 Å². The minimum Gasteiger partial charge on any atom is -0.383 e.